The Morgan fingerprint density at radius 2 is 1.52 bits per heavy atom. The smallest absolute Gasteiger partial charge is 0.490 e. The minimum Gasteiger partial charge on any atom is -0.490 e. The first-order chi connectivity index (χ1) is 38.1. The van der Waals surface area contributed by atoms with E-state index >= 15 is 8.63 Å². The zero-order chi connectivity index (χ0) is 55.6. The molecule has 9 rings (SSSR count). The van der Waals surface area contributed by atoms with E-state index in [2.05, 4.69) is 54.7 Å². The molecule has 0 spiro atoms. The van der Waals surface area contributed by atoms with Gasteiger partial charge in [0, 0.05) is 62.1 Å². The number of fused-ring (bicyclic) bond motifs is 2. The quantitative estimate of drug-likeness (QED) is 0.0504. The summed E-state index contributed by atoms with van der Waals surface area (Å²) in [6.07, 6.45) is 12.8. The first-order valence-corrected chi connectivity index (χ1v) is 27.1. The molecule has 1 saturated heterocycles. The minimum absolute atomic E-state index is 0.00767. The Morgan fingerprint density at radius 1 is 0.823 bits per heavy atom. The number of hydrogen-bond donors (Lipinski definition) is 5. The summed E-state index contributed by atoms with van der Waals surface area (Å²) in [5.41, 5.74) is 10.9. The predicted octanol–water partition coefficient (Wildman–Crippen LogP) is 5.55. The molecule has 0 radical (unpaired) electrons. The summed E-state index contributed by atoms with van der Waals surface area (Å²) in [5.74, 6) is -1.76. The number of rotatable bonds is 23. The number of carbonyl (C=O) groups excluding carboxylic acids is 5. The number of nitrogens with two attached hydrogens (primary N) is 1. The van der Waals surface area contributed by atoms with E-state index < -0.39 is 54.8 Å². The molecule has 22 heteroatoms. The Balaban J connectivity index is 0.668. The molecule has 5 amide bonds. The van der Waals surface area contributed by atoms with Crippen LogP contribution in [-0.2, 0) is 43.5 Å². The van der Waals surface area contributed by atoms with Gasteiger partial charge in [-0.15, -0.1) is 16.4 Å². The van der Waals surface area contributed by atoms with E-state index in [1.54, 1.807) is 66.8 Å². The molecule has 3 aliphatic heterocycles. The van der Waals surface area contributed by atoms with Gasteiger partial charge < -0.3 is 59.0 Å². The summed E-state index contributed by atoms with van der Waals surface area (Å²) in [6, 6.07) is 28.1. The highest BCUT2D eigenvalue weighted by Gasteiger charge is 2.52. The van der Waals surface area contributed by atoms with Crippen molar-refractivity contribution in [2.75, 3.05) is 19.6 Å². The average molecular weight is 1090 g/mol. The molecule has 6 heterocycles. The van der Waals surface area contributed by atoms with Gasteiger partial charge in [0.05, 0.1) is 17.6 Å². The highest BCUT2D eigenvalue weighted by Crippen LogP contribution is 2.35. The lowest BCUT2D eigenvalue weighted by Gasteiger charge is -2.32. The number of amides is 5. The molecule has 79 heavy (non-hydrogen) atoms. The van der Waals surface area contributed by atoms with E-state index in [0.717, 1.165) is 63.1 Å². The Kier molecular flexibility index (Phi) is 17.4. The van der Waals surface area contributed by atoms with Crippen molar-refractivity contribution in [2.45, 2.75) is 89.9 Å². The van der Waals surface area contributed by atoms with Crippen LogP contribution in [0.3, 0.4) is 0 Å². The first kappa shape index (κ1) is 55.3. The van der Waals surface area contributed by atoms with Gasteiger partial charge in [-0.2, -0.15) is 0 Å². The number of carbonyl (C=O) groups is 5. The average Bonchev–Trinajstić information content (AvgIpc) is 4.49. The van der Waals surface area contributed by atoms with Gasteiger partial charge in [0.2, 0.25) is 29.5 Å². The maximum absolute atomic E-state index is 16.2. The number of piperidine rings is 1. The lowest BCUT2D eigenvalue weighted by molar-refractivity contribution is -0.360. The largest absolute Gasteiger partial charge is 0.737 e. The van der Waals surface area contributed by atoms with Crippen molar-refractivity contribution in [3.8, 4) is 11.5 Å². The van der Waals surface area contributed by atoms with Crippen LogP contribution in [0.4, 0.5) is 8.63 Å². The van der Waals surface area contributed by atoms with Gasteiger partial charge in [-0.05, 0) is 98.2 Å². The number of hydrogen-bond acceptors (Lipinski definition) is 11. The van der Waals surface area contributed by atoms with Crippen molar-refractivity contribution in [1.29, 1.82) is 0 Å². The van der Waals surface area contributed by atoms with E-state index in [-0.39, 0.29) is 31.6 Å². The molecule has 1 fully saturated rings. The van der Waals surface area contributed by atoms with Crippen molar-refractivity contribution in [3.05, 3.63) is 171 Å². The fourth-order valence-electron chi connectivity index (χ4n) is 9.57. The van der Waals surface area contributed by atoms with Crippen LogP contribution in [0.2, 0.25) is 0 Å². The van der Waals surface area contributed by atoms with Crippen molar-refractivity contribution >= 4 is 71.8 Å². The second-order valence-corrected chi connectivity index (χ2v) is 20.7. The van der Waals surface area contributed by atoms with Crippen LogP contribution >= 0.6 is 11.3 Å². The summed E-state index contributed by atoms with van der Waals surface area (Å²) in [5, 5.41) is 20.3. The van der Waals surface area contributed by atoms with Crippen LogP contribution in [-0.4, -0.2) is 121 Å². The standard InChI is InChI=1S/C57H62BF2N11O7S/c1-37(62-53(72)27-30-68-28-25-48(26-29-68)78-51-13-8-7-12-42(51)32-41-10-5-4-6-11-41)55(74)63-38(2)56(75)64-39(3)57(76)65-49(54(61)73)35-69-34-43(66-67-69)36-77-47-22-16-40(17-23-47)15-18-44-19-20-45-33-46-21-24-50(52-14-9-31-79-52)71(46)58(59,60)70(44)45/h4-24,31,33-34,37-39,48-49H,25-30,32,35-36H2,1-3H3,(H2,61,73)(H,62,72)(H,63,74)(H,64,75)(H,65,76)/b18-15+/t37-,38-,39-,49-/m0/s1. The Hall–Kier alpha value is -8.50. The number of thiophene rings is 1. The molecule has 3 aliphatic rings. The molecule has 6 N–H and O–H groups in total. The van der Waals surface area contributed by atoms with E-state index in [0.29, 0.717) is 40.8 Å². The maximum atomic E-state index is 16.2. The second-order valence-electron chi connectivity index (χ2n) is 19.8. The lowest BCUT2D eigenvalue weighted by Crippen LogP contribution is -2.56. The van der Waals surface area contributed by atoms with Crippen LogP contribution < -0.4 is 36.5 Å². The Morgan fingerprint density at radius 3 is 2.23 bits per heavy atom. The minimum atomic E-state index is -4.17. The topological polar surface area (TPSA) is 220 Å². The van der Waals surface area contributed by atoms with Crippen molar-refractivity contribution in [3.63, 3.8) is 0 Å². The fourth-order valence-corrected chi connectivity index (χ4v) is 10.3. The van der Waals surface area contributed by atoms with Gasteiger partial charge >= 0.3 is 6.97 Å². The van der Waals surface area contributed by atoms with E-state index in [1.807, 2.05) is 53.9 Å². The van der Waals surface area contributed by atoms with E-state index in [4.69, 9.17) is 15.2 Å². The number of para-hydroxylation sites is 1. The number of primary amides is 1. The lowest BCUT2D eigenvalue weighted by atomic mass is 9.90. The fraction of sp³-hybridized carbons (Fsp3) is 0.298. The normalized spacial score (nSPS) is 16.5. The zero-order valence-electron chi connectivity index (χ0n) is 44.0. The molecule has 3 aromatic heterocycles. The number of allylic oxidation sites excluding steroid dienone is 2. The maximum Gasteiger partial charge on any atom is 0.737 e. The van der Waals surface area contributed by atoms with Crippen LogP contribution in [0.5, 0.6) is 11.5 Å². The molecular formula is C57H62BF2N11O7S. The number of halogens is 2. The SMILES string of the molecule is C[C@H](NC(=O)CCN1CCC(Oc2ccccc2Cc2ccccc2)CC1)C(=O)N[C@@H](C)C(=O)N[C@@H](C)C(=O)N[C@@H](Cn1cc(COc2ccc(/C=C/c3ccc4n3[B-](F)(F)[N+]3=C(c5cccs5)C=CC3=C4)cc2)nn1)C(N)=O. The van der Waals surface area contributed by atoms with Gasteiger partial charge in [-0.25, -0.2) is 4.68 Å². The van der Waals surface area contributed by atoms with E-state index in [9.17, 15) is 24.0 Å². The van der Waals surface area contributed by atoms with Crippen LogP contribution in [0.1, 0.15) is 78.7 Å². The third-order valence-corrected chi connectivity index (χ3v) is 14.8. The molecule has 0 aliphatic carbocycles. The summed E-state index contributed by atoms with van der Waals surface area (Å²) in [6.45, 7) is 2.09. The molecule has 0 unspecified atom stereocenters. The highest BCUT2D eigenvalue weighted by atomic mass is 32.1. The Bertz CT molecular complexity index is 3300. The molecule has 3 aromatic carbocycles. The zero-order valence-corrected chi connectivity index (χ0v) is 44.8. The number of ether oxygens (including phenoxy) is 2. The molecule has 18 nitrogen and oxygen atoms in total. The van der Waals surface area contributed by atoms with Gasteiger partial charge in [0.1, 0.15) is 54.1 Å². The third-order valence-electron chi connectivity index (χ3n) is 13.9. The number of benzene rings is 3. The van der Waals surface area contributed by atoms with Crippen molar-refractivity contribution in [2.24, 2.45) is 5.73 Å². The van der Waals surface area contributed by atoms with Gasteiger partial charge in [0.25, 0.3) is 0 Å². The molecule has 6 aromatic rings. The summed E-state index contributed by atoms with van der Waals surface area (Å²) in [4.78, 5) is 67.5. The molecule has 410 valence electrons. The van der Waals surface area contributed by atoms with Gasteiger partial charge in [0.15, 0.2) is 11.4 Å². The second kappa shape index (κ2) is 24.9. The van der Waals surface area contributed by atoms with Crippen LogP contribution in [0.15, 0.2) is 133 Å². The van der Waals surface area contributed by atoms with Gasteiger partial charge in [-0.3, -0.25) is 24.0 Å². The van der Waals surface area contributed by atoms with Crippen molar-refractivity contribution < 1.29 is 46.6 Å². The molecule has 0 bridgehead atoms. The molecular weight excluding hydrogens is 1030 g/mol. The highest BCUT2D eigenvalue weighted by molar-refractivity contribution is 7.12. The third kappa shape index (κ3) is 13.8. The predicted molar refractivity (Wildman–Crippen MR) is 298 cm³/mol. The summed E-state index contributed by atoms with van der Waals surface area (Å²) < 4.78 is 48.3. The van der Waals surface area contributed by atoms with Crippen LogP contribution in [0, 0.1) is 0 Å². The monoisotopic (exact) mass is 1090 g/mol. The Labute approximate surface area is 460 Å². The van der Waals surface area contributed by atoms with Gasteiger partial charge in [-0.1, -0.05) is 78.0 Å². The summed E-state index contributed by atoms with van der Waals surface area (Å²) in [7, 11) is 0. The first-order valence-electron chi connectivity index (χ1n) is 26.2. The number of nitrogens with one attached hydrogen (secondary N) is 4. The van der Waals surface area contributed by atoms with Crippen LogP contribution in [0.25, 0.3) is 18.2 Å². The molecule has 0 saturated carbocycles. The number of aromatic nitrogens is 4. The van der Waals surface area contributed by atoms with Crippen molar-refractivity contribution in [1.82, 2.24) is 45.6 Å². The summed E-state index contributed by atoms with van der Waals surface area (Å²) >= 11 is 1.41. The van der Waals surface area contributed by atoms with E-state index in [1.165, 1.54) is 48.6 Å². The molecule has 4 atom stereocenters. The number of nitrogens with zero attached hydrogens (tertiary/aromatic N) is 6. The number of likely N-dealkylation sites (tertiary alicyclic amines) is 1.